The van der Waals surface area contributed by atoms with Crippen molar-refractivity contribution in [1.29, 1.82) is 0 Å². The maximum atomic E-state index is 12.4. The van der Waals surface area contributed by atoms with Crippen LogP contribution in [-0.4, -0.2) is 35.0 Å². The quantitative estimate of drug-likeness (QED) is 0.345. The van der Waals surface area contributed by atoms with Crippen molar-refractivity contribution in [2.75, 3.05) is 0 Å². The summed E-state index contributed by atoms with van der Waals surface area (Å²) < 4.78 is 72.6. The second-order valence-corrected chi connectivity index (χ2v) is 3.62. The van der Waals surface area contributed by atoms with Crippen LogP contribution < -0.4 is 0 Å². The van der Waals surface area contributed by atoms with Crippen molar-refractivity contribution in [3.63, 3.8) is 0 Å². The smallest absolute Gasteiger partial charge is 0.244 e. The fraction of sp³-hybridized carbons (Fsp3) is 0.667. The normalized spacial score (nSPS) is 15.8. The Morgan fingerprint density at radius 2 is 1.06 bits per heavy atom. The Kier molecular flexibility index (Phi) is 5.54. The lowest BCUT2D eigenvalue weighted by atomic mass is 10.4. The molecule has 0 fully saturated rings. The van der Waals surface area contributed by atoms with Crippen molar-refractivity contribution >= 4 is 35.1 Å². The predicted octanol–water partition coefficient (Wildman–Crippen LogP) is 2.33. The minimum absolute atomic E-state index is 2.52. The predicted molar refractivity (Wildman–Crippen MR) is 43.6 cm³/mol. The average Bonchev–Trinajstić information content (AvgIpc) is 2.20. The molecule has 0 N–H and O–H groups in total. The van der Waals surface area contributed by atoms with Crippen molar-refractivity contribution in [2.45, 2.75) is 23.1 Å². The van der Waals surface area contributed by atoms with E-state index >= 15 is 0 Å². The molecule has 4 nitrogen and oxygen atoms in total. The largest absolute Gasteiger partial charge is 0.397 e. The molecule has 0 bridgehead atoms. The van der Waals surface area contributed by atoms with Gasteiger partial charge in [0.2, 0.25) is 0 Å². The van der Waals surface area contributed by atoms with Gasteiger partial charge in [-0.25, -0.2) is 28.1 Å². The van der Waals surface area contributed by atoms with E-state index in [2.05, 4.69) is 33.0 Å². The molecule has 0 aromatic heterocycles. The van der Waals surface area contributed by atoms with E-state index in [1.807, 2.05) is 0 Å². The first-order valence-electron chi connectivity index (χ1n) is 3.71. The molecular weight excluding hydrogens is 321 g/mol. The molecule has 0 heterocycles. The van der Waals surface area contributed by atoms with Crippen LogP contribution in [0.2, 0.25) is 0 Å². The number of rotatable bonds is 4. The summed E-state index contributed by atoms with van der Waals surface area (Å²) in [6, 6.07) is 0. The van der Waals surface area contributed by atoms with Crippen molar-refractivity contribution in [3.05, 3.63) is 0 Å². The summed E-state index contributed by atoms with van der Waals surface area (Å²) in [5.74, 6) is -5.04. The Balaban J connectivity index is 4.36. The summed E-state index contributed by atoms with van der Waals surface area (Å²) in [6.45, 7) is 0. The summed E-state index contributed by atoms with van der Waals surface area (Å²) in [6.07, 6.45) is -7.50. The van der Waals surface area contributed by atoms with Crippen LogP contribution in [0.4, 0.5) is 26.3 Å². The number of carbonyl (C=O) groups excluding carboxylic acids is 2. The molecule has 18 heavy (non-hydrogen) atoms. The molecule has 0 saturated heterocycles. The van der Waals surface area contributed by atoms with Crippen molar-refractivity contribution in [1.82, 2.24) is 0 Å². The Bertz CT molecular complexity index is 295. The molecular formula is C6H2Cl2F6O4. The Hall–Kier alpha value is -0.900. The summed E-state index contributed by atoms with van der Waals surface area (Å²) in [4.78, 5) is 26.9. The van der Waals surface area contributed by atoms with Crippen LogP contribution in [0.15, 0.2) is 0 Å². The van der Waals surface area contributed by atoms with Crippen LogP contribution in [0, 0.1) is 0 Å². The highest BCUT2D eigenvalue weighted by Gasteiger charge is 2.48. The number of alkyl halides is 8. The number of carbonyl (C=O) groups is 2. The van der Waals surface area contributed by atoms with Crippen LogP contribution in [0.3, 0.4) is 0 Å². The van der Waals surface area contributed by atoms with Crippen LogP contribution in [0.1, 0.15) is 0 Å². The monoisotopic (exact) mass is 322 g/mol. The van der Waals surface area contributed by atoms with Gasteiger partial charge in [-0.15, -0.1) is 0 Å². The van der Waals surface area contributed by atoms with Crippen molar-refractivity contribution in [2.24, 2.45) is 0 Å². The maximum Gasteiger partial charge on any atom is 0.397 e. The van der Waals surface area contributed by atoms with Crippen LogP contribution in [0.25, 0.3) is 0 Å². The topological polar surface area (TPSA) is 52.6 Å². The van der Waals surface area contributed by atoms with Gasteiger partial charge < -0.3 is 0 Å². The van der Waals surface area contributed by atoms with Crippen LogP contribution in [0.5, 0.6) is 0 Å². The lowest BCUT2D eigenvalue weighted by Crippen LogP contribution is -2.37. The van der Waals surface area contributed by atoms with E-state index in [0.717, 1.165) is 0 Å². The molecule has 0 amide bonds. The molecule has 0 aliphatic carbocycles. The molecule has 0 rings (SSSR count). The van der Waals surface area contributed by atoms with Gasteiger partial charge in [-0.1, -0.05) is 0 Å². The highest BCUT2D eigenvalue weighted by atomic mass is 35.5. The Morgan fingerprint density at radius 3 is 1.22 bits per heavy atom. The van der Waals surface area contributed by atoms with Crippen molar-refractivity contribution in [3.8, 4) is 0 Å². The van der Waals surface area contributed by atoms with Gasteiger partial charge in [-0.05, 0) is 23.2 Å². The molecule has 0 aliphatic rings. The number of halogens is 8. The zero-order chi connectivity index (χ0) is 14.7. The molecule has 2 atom stereocenters. The third-order valence-electron chi connectivity index (χ3n) is 1.19. The van der Waals surface area contributed by atoms with E-state index in [-0.39, 0.29) is 0 Å². The second kappa shape index (κ2) is 5.83. The lowest BCUT2D eigenvalue weighted by Gasteiger charge is -2.13. The molecule has 0 aliphatic heterocycles. The molecule has 0 radical (unpaired) electrons. The van der Waals surface area contributed by atoms with E-state index in [1.54, 1.807) is 0 Å². The van der Waals surface area contributed by atoms with Gasteiger partial charge in [0.25, 0.3) is 12.3 Å². The minimum Gasteiger partial charge on any atom is -0.244 e. The summed E-state index contributed by atoms with van der Waals surface area (Å²) in [5.41, 5.74) is 0. The molecule has 0 saturated carbocycles. The zero-order valence-electron chi connectivity index (χ0n) is 7.81. The summed E-state index contributed by atoms with van der Waals surface area (Å²) in [7, 11) is 0. The first kappa shape index (κ1) is 17.1. The highest BCUT2D eigenvalue weighted by Crippen LogP contribution is 2.28. The van der Waals surface area contributed by atoms with Gasteiger partial charge in [-0.3, -0.25) is 0 Å². The Labute approximate surface area is 105 Å². The number of hydrogen-bond donors (Lipinski definition) is 0. The van der Waals surface area contributed by atoms with E-state index in [9.17, 15) is 35.9 Å². The van der Waals surface area contributed by atoms with Gasteiger partial charge in [0, 0.05) is 0 Å². The fourth-order valence-corrected chi connectivity index (χ4v) is 0.612. The average molecular weight is 323 g/mol. The molecule has 0 spiro atoms. The summed E-state index contributed by atoms with van der Waals surface area (Å²) in [5, 5.41) is -9.37. The highest BCUT2D eigenvalue weighted by molar-refractivity contribution is 6.23. The van der Waals surface area contributed by atoms with Gasteiger partial charge in [0.15, 0.2) is 0 Å². The third-order valence-corrected chi connectivity index (χ3v) is 1.58. The molecule has 0 aromatic carbocycles. The van der Waals surface area contributed by atoms with Crippen LogP contribution >= 0.6 is 23.2 Å². The zero-order valence-corrected chi connectivity index (χ0v) is 9.32. The van der Waals surface area contributed by atoms with Crippen molar-refractivity contribution < 1.29 is 45.7 Å². The lowest BCUT2D eigenvalue weighted by molar-refractivity contribution is -0.272. The van der Waals surface area contributed by atoms with E-state index in [4.69, 9.17) is 0 Å². The number of hydrogen-bond acceptors (Lipinski definition) is 4. The van der Waals surface area contributed by atoms with Gasteiger partial charge in [-0.2, -0.15) is 17.6 Å². The van der Waals surface area contributed by atoms with E-state index in [0.29, 0.717) is 0 Å². The Morgan fingerprint density at radius 1 is 0.833 bits per heavy atom. The standard InChI is InChI=1S/C6H2Cl2F6O4/c7-5(11,12)1(9)3(15)17-18-4(16)2(10)6(8,13)14/h1-2H. The second-order valence-electron chi connectivity index (χ2n) is 2.61. The van der Waals surface area contributed by atoms with E-state index in [1.165, 1.54) is 0 Å². The molecule has 0 aromatic rings. The van der Waals surface area contributed by atoms with Crippen LogP contribution in [-0.2, 0) is 19.4 Å². The SMILES string of the molecule is O=C(OOC(=O)C(F)C(F)(F)Cl)C(F)C(F)(F)Cl. The van der Waals surface area contributed by atoms with Gasteiger partial charge in [0.1, 0.15) is 0 Å². The summed E-state index contributed by atoms with van der Waals surface area (Å²) >= 11 is 8.13. The van der Waals surface area contributed by atoms with Gasteiger partial charge >= 0.3 is 22.7 Å². The van der Waals surface area contributed by atoms with Gasteiger partial charge in [0.05, 0.1) is 0 Å². The minimum atomic E-state index is -4.69. The fourth-order valence-electron chi connectivity index (χ4n) is 0.434. The maximum absolute atomic E-state index is 12.4. The van der Waals surface area contributed by atoms with E-state index < -0.39 is 35.0 Å². The molecule has 106 valence electrons. The third kappa shape index (κ3) is 5.17. The molecule has 12 heteroatoms. The first-order valence-corrected chi connectivity index (χ1v) is 4.46. The first-order chi connectivity index (χ1) is 7.87. The molecule has 2 unspecified atom stereocenters.